The molecule has 0 saturated heterocycles. The summed E-state index contributed by atoms with van der Waals surface area (Å²) >= 11 is 0. The first kappa shape index (κ1) is 69.8. The van der Waals surface area contributed by atoms with Crippen LogP contribution in [0.1, 0.15) is 316 Å². The molecule has 0 heterocycles. The number of carbonyl (C=O) groups is 3. The quantitative estimate of drug-likeness (QED) is 0.0261. The van der Waals surface area contributed by atoms with Gasteiger partial charge in [0.2, 0.25) is 0 Å². The van der Waals surface area contributed by atoms with Crippen LogP contribution in [0.5, 0.6) is 0 Å². The molecule has 0 aromatic heterocycles. The summed E-state index contributed by atoms with van der Waals surface area (Å²) in [5.74, 6) is -0.916. The van der Waals surface area contributed by atoms with E-state index in [1.54, 1.807) is 0 Å². The number of carbonyl (C=O) groups excluding carboxylic acids is 3. The minimum Gasteiger partial charge on any atom is -0.462 e. The number of hydrogen-bond acceptors (Lipinski definition) is 6. The summed E-state index contributed by atoms with van der Waals surface area (Å²) in [7, 11) is 0. The summed E-state index contributed by atoms with van der Waals surface area (Å²) in [6.45, 7) is 6.61. The molecule has 0 rings (SSSR count). The highest BCUT2D eigenvalue weighted by atomic mass is 16.6. The highest BCUT2D eigenvalue weighted by molar-refractivity contribution is 5.71. The molecule has 73 heavy (non-hydrogen) atoms. The van der Waals surface area contributed by atoms with Gasteiger partial charge in [-0.2, -0.15) is 0 Å². The van der Waals surface area contributed by atoms with Crippen molar-refractivity contribution in [1.29, 1.82) is 0 Å². The minimum absolute atomic E-state index is 0.0886. The largest absolute Gasteiger partial charge is 0.462 e. The van der Waals surface area contributed by atoms with Gasteiger partial charge in [0.25, 0.3) is 0 Å². The van der Waals surface area contributed by atoms with Crippen molar-refractivity contribution in [1.82, 2.24) is 0 Å². The Balaban J connectivity index is 4.44. The van der Waals surface area contributed by atoms with Gasteiger partial charge in [-0.1, -0.05) is 254 Å². The van der Waals surface area contributed by atoms with Gasteiger partial charge in [-0.15, -0.1) is 0 Å². The standard InChI is InChI=1S/C67H118O6/c1-4-7-10-13-16-19-22-25-28-31-33-36-39-42-45-48-51-54-57-60-66(69)72-63-64(62-71-65(68)59-56-53-50-47-44-41-38-35-30-27-24-21-18-15-12-9-6-3)73-67(70)61-58-55-52-49-46-43-40-37-34-32-29-26-23-20-17-14-11-8-5-2/h16,19,25,27-28,30,32-34,36,42,45,64H,4-15,17-18,20-24,26,29,31,35,37-41,43-44,46-63H2,1-3H3/b19-16-,28-25-,30-27-,34-32-,36-33-,45-42-/t64-/m1/s1. The van der Waals surface area contributed by atoms with Crippen molar-refractivity contribution in [3.05, 3.63) is 72.9 Å². The topological polar surface area (TPSA) is 78.9 Å². The second-order valence-corrected chi connectivity index (χ2v) is 21.0. The van der Waals surface area contributed by atoms with Crippen LogP contribution in [0.2, 0.25) is 0 Å². The van der Waals surface area contributed by atoms with Gasteiger partial charge in [0.05, 0.1) is 0 Å². The second kappa shape index (κ2) is 61.4. The first-order chi connectivity index (χ1) is 36.0. The summed E-state index contributed by atoms with van der Waals surface area (Å²) in [5, 5.41) is 0. The van der Waals surface area contributed by atoms with Gasteiger partial charge in [0.1, 0.15) is 13.2 Å². The summed E-state index contributed by atoms with van der Waals surface area (Å²) in [4.78, 5) is 38.3. The maximum atomic E-state index is 12.9. The molecule has 1 atom stereocenters. The van der Waals surface area contributed by atoms with Crippen LogP contribution in [-0.4, -0.2) is 37.2 Å². The van der Waals surface area contributed by atoms with Crippen molar-refractivity contribution in [3.63, 3.8) is 0 Å². The maximum Gasteiger partial charge on any atom is 0.306 e. The van der Waals surface area contributed by atoms with E-state index in [-0.39, 0.29) is 31.1 Å². The van der Waals surface area contributed by atoms with Gasteiger partial charge in [-0.25, -0.2) is 0 Å². The summed E-state index contributed by atoms with van der Waals surface area (Å²) in [6.07, 6.45) is 78.9. The van der Waals surface area contributed by atoms with Crippen LogP contribution in [0.4, 0.5) is 0 Å². The molecule has 0 bridgehead atoms. The molecule has 0 saturated carbocycles. The van der Waals surface area contributed by atoms with E-state index in [1.165, 1.54) is 193 Å². The van der Waals surface area contributed by atoms with Crippen molar-refractivity contribution in [2.24, 2.45) is 0 Å². The first-order valence-electron chi connectivity index (χ1n) is 31.4. The Morgan fingerprint density at radius 2 is 0.493 bits per heavy atom. The molecular formula is C67H118O6. The third kappa shape index (κ3) is 59.6. The molecule has 0 unspecified atom stereocenters. The molecular weight excluding hydrogens is 901 g/mol. The predicted octanol–water partition coefficient (Wildman–Crippen LogP) is 21.3. The second-order valence-electron chi connectivity index (χ2n) is 21.0. The molecule has 0 fully saturated rings. The molecule has 6 heteroatoms. The number of unbranched alkanes of at least 4 members (excludes halogenated alkanes) is 34. The zero-order valence-corrected chi connectivity index (χ0v) is 48.4. The zero-order chi connectivity index (χ0) is 52.9. The normalized spacial score (nSPS) is 12.5. The van der Waals surface area contributed by atoms with E-state index in [0.717, 1.165) is 83.5 Å². The lowest BCUT2D eigenvalue weighted by Crippen LogP contribution is -2.30. The van der Waals surface area contributed by atoms with Crippen molar-refractivity contribution in [2.45, 2.75) is 322 Å². The molecule has 0 aliphatic heterocycles. The molecule has 422 valence electrons. The monoisotopic (exact) mass is 1020 g/mol. The van der Waals surface area contributed by atoms with Crippen LogP contribution >= 0.6 is 0 Å². The Morgan fingerprint density at radius 1 is 0.274 bits per heavy atom. The molecule has 0 amide bonds. The minimum atomic E-state index is -0.794. The van der Waals surface area contributed by atoms with Crippen LogP contribution in [0.25, 0.3) is 0 Å². The van der Waals surface area contributed by atoms with Crippen molar-refractivity contribution in [2.75, 3.05) is 13.2 Å². The Kier molecular flexibility index (Phi) is 58.7. The summed E-state index contributed by atoms with van der Waals surface area (Å²) in [5.41, 5.74) is 0. The molecule has 0 spiro atoms. The SMILES string of the molecule is CCCCC/C=C\C/C=C\C/C=C\C/C=C\CCCCCC(=O)OC[C@@H](COC(=O)CCCCCCCCC/C=C\CCCCCCCC)OC(=O)CCCCCCCCC/C=C\CCCCCCCCCC. The third-order valence-electron chi connectivity index (χ3n) is 13.7. The Bertz CT molecular complexity index is 1360. The summed E-state index contributed by atoms with van der Waals surface area (Å²) in [6, 6.07) is 0. The fourth-order valence-electron chi connectivity index (χ4n) is 8.89. The predicted molar refractivity (Wildman–Crippen MR) is 316 cm³/mol. The van der Waals surface area contributed by atoms with E-state index in [0.29, 0.717) is 19.3 Å². The molecule has 0 aliphatic rings. The van der Waals surface area contributed by atoms with Gasteiger partial charge in [-0.05, 0) is 116 Å². The molecule has 0 aromatic rings. The Hall–Kier alpha value is -3.15. The molecule has 0 aromatic carbocycles. The van der Waals surface area contributed by atoms with Crippen LogP contribution in [0, 0.1) is 0 Å². The van der Waals surface area contributed by atoms with Crippen LogP contribution in [-0.2, 0) is 28.6 Å². The van der Waals surface area contributed by atoms with Crippen molar-refractivity contribution < 1.29 is 28.6 Å². The lowest BCUT2D eigenvalue weighted by Gasteiger charge is -2.18. The van der Waals surface area contributed by atoms with Crippen LogP contribution in [0.3, 0.4) is 0 Å². The van der Waals surface area contributed by atoms with E-state index < -0.39 is 6.10 Å². The van der Waals surface area contributed by atoms with E-state index in [9.17, 15) is 14.4 Å². The van der Waals surface area contributed by atoms with E-state index in [2.05, 4.69) is 93.7 Å². The molecule has 0 radical (unpaired) electrons. The first-order valence-corrected chi connectivity index (χ1v) is 31.4. The van der Waals surface area contributed by atoms with Gasteiger partial charge in [0, 0.05) is 19.3 Å². The highest BCUT2D eigenvalue weighted by Gasteiger charge is 2.19. The van der Waals surface area contributed by atoms with E-state index in [4.69, 9.17) is 14.2 Å². The fraction of sp³-hybridized carbons (Fsp3) is 0.776. The number of hydrogen-bond donors (Lipinski definition) is 0. The lowest BCUT2D eigenvalue weighted by molar-refractivity contribution is -0.167. The van der Waals surface area contributed by atoms with Crippen LogP contribution < -0.4 is 0 Å². The number of allylic oxidation sites excluding steroid dienone is 12. The summed E-state index contributed by atoms with van der Waals surface area (Å²) < 4.78 is 16.9. The van der Waals surface area contributed by atoms with E-state index in [1.807, 2.05) is 0 Å². The highest BCUT2D eigenvalue weighted by Crippen LogP contribution is 2.15. The molecule has 0 N–H and O–H groups in total. The number of ether oxygens (including phenoxy) is 3. The smallest absolute Gasteiger partial charge is 0.306 e. The van der Waals surface area contributed by atoms with Gasteiger partial charge in [-0.3, -0.25) is 14.4 Å². The van der Waals surface area contributed by atoms with Gasteiger partial charge in [0.15, 0.2) is 6.10 Å². The van der Waals surface area contributed by atoms with Gasteiger partial charge >= 0.3 is 17.9 Å². The lowest BCUT2D eigenvalue weighted by atomic mass is 10.1. The van der Waals surface area contributed by atoms with Crippen molar-refractivity contribution >= 4 is 17.9 Å². The zero-order valence-electron chi connectivity index (χ0n) is 48.4. The Morgan fingerprint density at radius 3 is 0.822 bits per heavy atom. The fourth-order valence-corrected chi connectivity index (χ4v) is 8.89. The van der Waals surface area contributed by atoms with E-state index >= 15 is 0 Å². The molecule has 6 nitrogen and oxygen atoms in total. The average molecular weight is 1020 g/mol. The third-order valence-corrected chi connectivity index (χ3v) is 13.7. The van der Waals surface area contributed by atoms with Crippen LogP contribution in [0.15, 0.2) is 72.9 Å². The van der Waals surface area contributed by atoms with Crippen molar-refractivity contribution in [3.8, 4) is 0 Å². The van der Waals surface area contributed by atoms with Gasteiger partial charge < -0.3 is 14.2 Å². The Labute approximate surface area is 453 Å². The maximum absolute atomic E-state index is 12.9. The average Bonchev–Trinajstić information content (AvgIpc) is 3.39. The number of esters is 3. The number of rotatable bonds is 57. The molecule has 0 aliphatic carbocycles.